The molecule has 1 saturated carbocycles. The van der Waals surface area contributed by atoms with Gasteiger partial charge >= 0.3 is 94.8 Å². The molecule has 0 N–H and O–H groups in total. The summed E-state index contributed by atoms with van der Waals surface area (Å²) in [7, 11) is 0. The van der Waals surface area contributed by atoms with Gasteiger partial charge in [-0.1, -0.05) is 0 Å². The Morgan fingerprint density at radius 1 is 1.29 bits per heavy atom. The van der Waals surface area contributed by atoms with Gasteiger partial charge in [-0.2, -0.15) is 0 Å². The van der Waals surface area contributed by atoms with Gasteiger partial charge in [0.2, 0.25) is 0 Å². The zero-order valence-electron chi connectivity index (χ0n) is 7.53. The van der Waals surface area contributed by atoms with Gasteiger partial charge in [0.25, 0.3) is 0 Å². The molecule has 3 heteroatoms. The van der Waals surface area contributed by atoms with Crippen LogP contribution in [-0.4, -0.2) is 24.6 Å². The van der Waals surface area contributed by atoms with Crippen LogP contribution in [0.25, 0.3) is 5.41 Å². The summed E-state index contributed by atoms with van der Waals surface area (Å²) in [6.45, 7) is 0. The fourth-order valence-corrected chi connectivity index (χ4v) is 4.76. The van der Waals surface area contributed by atoms with Gasteiger partial charge in [0.05, 0.1) is 0 Å². The average molecular weight is 270 g/mol. The number of rotatable bonds is 2. The Kier molecular flexibility index (Phi) is 2.80. The van der Waals surface area contributed by atoms with E-state index in [0.29, 0.717) is 0 Å². The molecule has 1 fully saturated rings. The SMILES string of the molecule is [N-]=C=C1CC(Cl)([Se]c2ccccc2)C1. The standard InChI is InChI=1S/C11H9ClNSe/c12-11(6-9(7-11)8-13)14-10-4-2-1-3-5-10/h1-5H,6-7H2/q-1. The molecule has 0 radical (unpaired) electrons. The topological polar surface area (TPSA) is 22.3 Å². The third kappa shape index (κ3) is 2.10. The summed E-state index contributed by atoms with van der Waals surface area (Å²) in [5, 5.41) is 8.65. The molecule has 14 heavy (non-hydrogen) atoms. The fourth-order valence-electron chi connectivity index (χ4n) is 1.44. The molecule has 1 nitrogen and oxygen atoms in total. The van der Waals surface area contributed by atoms with Crippen molar-refractivity contribution in [2.24, 2.45) is 0 Å². The summed E-state index contributed by atoms with van der Waals surface area (Å²) in [6, 6.07) is 10.3. The van der Waals surface area contributed by atoms with Gasteiger partial charge in [-0.15, -0.1) is 0 Å². The monoisotopic (exact) mass is 270 g/mol. The van der Waals surface area contributed by atoms with Crippen molar-refractivity contribution < 1.29 is 0 Å². The van der Waals surface area contributed by atoms with Gasteiger partial charge in [0, 0.05) is 0 Å². The number of alkyl halides is 1. The van der Waals surface area contributed by atoms with Crippen LogP contribution in [0.1, 0.15) is 12.8 Å². The predicted octanol–water partition coefficient (Wildman–Crippen LogP) is 1.91. The number of benzene rings is 1. The van der Waals surface area contributed by atoms with Gasteiger partial charge < -0.3 is 0 Å². The van der Waals surface area contributed by atoms with Crippen LogP contribution in [0.3, 0.4) is 0 Å². The number of hydrogen-bond acceptors (Lipinski definition) is 0. The first kappa shape index (κ1) is 10.0. The number of nitrogens with zero attached hydrogens (tertiary/aromatic N) is 1. The fraction of sp³-hybridized carbons (Fsp3) is 0.273. The van der Waals surface area contributed by atoms with E-state index in [2.05, 4.69) is 18.0 Å². The number of allylic oxidation sites excluding steroid dienone is 1. The van der Waals surface area contributed by atoms with E-state index in [1.807, 2.05) is 18.2 Å². The molecule has 0 atom stereocenters. The summed E-state index contributed by atoms with van der Waals surface area (Å²) in [5.74, 6) is 2.18. The molecule has 1 aliphatic rings. The zero-order chi connectivity index (χ0) is 10.0. The average Bonchev–Trinajstić information content (AvgIpc) is 2.15. The number of halogens is 1. The third-order valence-electron chi connectivity index (χ3n) is 2.16. The summed E-state index contributed by atoms with van der Waals surface area (Å²) in [6.07, 6.45) is 1.56. The number of hydrogen-bond donors (Lipinski definition) is 0. The van der Waals surface area contributed by atoms with Crippen LogP contribution in [-0.2, 0) is 0 Å². The Balaban J connectivity index is 2.03. The first-order valence-corrected chi connectivity index (χ1v) is 6.49. The van der Waals surface area contributed by atoms with Gasteiger partial charge in [-0.05, 0) is 0 Å². The molecule has 0 aliphatic heterocycles. The van der Waals surface area contributed by atoms with Crippen LogP contribution in [0.4, 0.5) is 0 Å². The predicted molar refractivity (Wildman–Crippen MR) is 61.5 cm³/mol. The second kappa shape index (κ2) is 3.92. The molecule has 0 bridgehead atoms. The molecule has 0 spiro atoms. The minimum absolute atomic E-state index is 0.126. The molecule has 1 aromatic carbocycles. The van der Waals surface area contributed by atoms with Crippen LogP contribution in [0, 0.1) is 0 Å². The van der Waals surface area contributed by atoms with E-state index >= 15 is 0 Å². The maximum atomic E-state index is 8.65. The first-order valence-electron chi connectivity index (χ1n) is 4.40. The van der Waals surface area contributed by atoms with Crippen LogP contribution < -0.4 is 4.46 Å². The van der Waals surface area contributed by atoms with E-state index in [9.17, 15) is 0 Å². The van der Waals surface area contributed by atoms with Crippen molar-refractivity contribution in [1.82, 2.24) is 0 Å². The maximum absolute atomic E-state index is 8.65. The van der Waals surface area contributed by atoms with Crippen molar-refractivity contribution in [2.75, 3.05) is 0 Å². The molecule has 0 amide bonds. The summed E-state index contributed by atoms with van der Waals surface area (Å²) >= 11 is 6.65. The van der Waals surface area contributed by atoms with Crippen molar-refractivity contribution in [1.29, 1.82) is 0 Å². The van der Waals surface area contributed by atoms with Crippen molar-refractivity contribution in [3.05, 3.63) is 41.3 Å². The molecule has 72 valence electrons. The zero-order valence-corrected chi connectivity index (χ0v) is 10.0. The Labute approximate surface area is 94.8 Å². The Hall–Kier alpha value is -0.521. The van der Waals surface area contributed by atoms with Crippen LogP contribution in [0.2, 0.25) is 0 Å². The van der Waals surface area contributed by atoms with E-state index in [0.717, 1.165) is 18.4 Å². The summed E-state index contributed by atoms with van der Waals surface area (Å²) < 4.78 is 1.19. The van der Waals surface area contributed by atoms with E-state index in [1.165, 1.54) is 4.46 Å². The summed E-state index contributed by atoms with van der Waals surface area (Å²) in [5.41, 5.74) is 0.942. The molecule has 0 heterocycles. The molecule has 0 saturated heterocycles. The van der Waals surface area contributed by atoms with Crippen molar-refractivity contribution >= 4 is 36.9 Å². The molecule has 0 unspecified atom stereocenters. The second-order valence-electron chi connectivity index (χ2n) is 3.37. The normalized spacial score (nSPS) is 25.4. The van der Waals surface area contributed by atoms with Crippen molar-refractivity contribution in [2.45, 2.75) is 16.6 Å². The van der Waals surface area contributed by atoms with Crippen LogP contribution >= 0.6 is 11.6 Å². The van der Waals surface area contributed by atoms with E-state index < -0.39 is 0 Å². The summed E-state index contributed by atoms with van der Waals surface area (Å²) in [4.78, 5) is 0. The molecular formula is C11H9ClNSe-. The van der Waals surface area contributed by atoms with Crippen LogP contribution in [0.15, 0.2) is 35.9 Å². The second-order valence-corrected chi connectivity index (χ2v) is 7.66. The van der Waals surface area contributed by atoms with Crippen molar-refractivity contribution in [3.63, 3.8) is 0 Å². The molecule has 2 rings (SSSR count). The Morgan fingerprint density at radius 2 is 1.93 bits per heavy atom. The Bertz CT molecular complexity index is 374. The molecular weight excluding hydrogens is 261 g/mol. The minimum atomic E-state index is -0.126. The first-order chi connectivity index (χ1) is 6.72. The van der Waals surface area contributed by atoms with Gasteiger partial charge in [-0.25, -0.2) is 0 Å². The third-order valence-corrected chi connectivity index (χ3v) is 5.26. The quantitative estimate of drug-likeness (QED) is 0.445. The van der Waals surface area contributed by atoms with E-state index in [1.54, 1.807) is 0 Å². The van der Waals surface area contributed by atoms with Gasteiger partial charge in [0.15, 0.2) is 0 Å². The Morgan fingerprint density at radius 3 is 2.50 bits per heavy atom. The van der Waals surface area contributed by atoms with Crippen molar-refractivity contribution in [3.8, 4) is 0 Å². The molecule has 1 aromatic rings. The van der Waals surface area contributed by atoms with Gasteiger partial charge in [-0.3, -0.25) is 0 Å². The van der Waals surface area contributed by atoms with E-state index in [-0.39, 0.29) is 18.7 Å². The molecule has 0 aromatic heterocycles. The molecule has 1 aliphatic carbocycles. The van der Waals surface area contributed by atoms with Crippen LogP contribution in [0.5, 0.6) is 0 Å². The van der Waals surface area contributed by atoms with E-state index in [4.69, 9.17) is 17.0 Å². The van der Waals surface area contributed by atoms with Gasteiger partial charge in [0.1, 0.15) is 0 Å².